The maximum absolute atomic E-state index is 13.3. The van der Waals surface area contributed by atoms with Gasteiger partial charge in [-0.1, -0.05) is 276 Å². The van der Waals surface area contributed by atoms with Crippen molar-refractivity contribution < 1.29 is 24.5 Å². The SMILES string of the molecule is CCCCC/C=C\C/C=C\C/C=C\CCCCCCC(=O)OC(CCCCCCCCCCCCCCCCCCC)CC(=O)NC(CO)C(O)CCCCCCCCCCCCCCCC. The van der Waals surface area contributed by atoms with E-state index in [1.807, 2.05) is 0 Å². The van der Waals surface area contributed by atoms with E-state index in [9.17, 15) is 19.8 Å². The van der Waals surface area contributed by atoms with Gasteiger partial charge in [-0.2, -0.15) is 0 Å². The quantitative estimate of drug-likeness (QED) is 0.0321. The van der Waals surface area contributed by atoms with E-state index in [0.29, 0.717) is 19.3 Å². The molecule has 3 N–H and O–H groups in total. The second-order valence-electron chi connectivity index (χ2n) is 20.4. The minimum Gasteiger partial charge on any atom is -0.462 e. The van der Waals surface area contributed by atoms with Crippen molar-refractivity contribution in [2.75, 3.05) is 6.61 Å². The summed E-state index contributed by atoms with van der Waals surface area (Å²) in [5.74, 6) is -0.481. The van der Waals surface area contributed by atoms with Gasteiger partial charge >= 0.3 is 5.97 Å². The van der Waals surface area contributed by atoms with Crippen LogP contribution in [0.3, 0.4) is 0 Å². The third-order valence-electron chi connectivity index (χ3n) is 13.7. The number of aliphatic hydroxyl groups is 2. The molecule has 3 atom stereocenters. The van der Waals surface area contributed by atoms with Gasteiger partial charge in [-0.05, 0) is 64.2 Å². The lowest BCUT2D eigenvalue weighted by Crippen LogP contribution is -2.46. The summed E-state index contributed by atoms with van der Waals surface area (Å²) in [6, 6.07) is -0.704. The number of unbranched alkanes of at least 4 members (excludes halogenated alkanes) is 36. The molecular formula is C61H115NO5. The molecule has 0 radical (unpaired) electrons. The molecule has 0 aromatic carbocycles. The number of carbonyl (C=O) groups excluding carboxylic acids is 2. The molecule has 67 heavy (non-hydrogen) atoms. The van der Waals surface area contributed by atoms with Gasteiger partial charge < -0.3 is 20.3 Å². The highest BCUT2D eigenvalue weighted by atomic mass is 16.5. The van der Waals surface area contributed by atoms with Crippen LogP contribution in [-0.2, 0) is 14.3 Å². The summed E-state index contributed by atoms with van der Waals surface area (Å²) in [7, 11) is 0. The molecule has 0 heterocycles. The molecule has 0 saturated heterocycles. The van der Waals surface area contributed by atoms with Gasteiger partial charge in [0, 0.05) is 6.42 Å². The predicted molar refractivity (Wildman–Crippen MR) is 292 cm³/mol. The summed E-state index contributed by atoms with van der Waals surface area (Å²) in [4.78, 5) is 26.3. The summed E-state index contributed by atoms with van der Waals surface area (Å²) >= 11 is 0. The number of rotatable bonds is 54. The fraction of sp³-hybridized carbons (Fsp3) is 0.869. The summed E-state index contributed by atoms with van der Waals surface area (Å²) in [6.07, 6.45) is 66.4. The third kappa shape index (κ3) is 50.3. The fourth-order valence-electron chi connectivity index (χ4n) is 9.20. The minimum atomic E-state index is -0.790. The van der Waals surface area contributed by atoms with Gasteiger partial charge in [0.05, 0.1) is 25.2 Å². The van der Waals surface area contributed by atoms with Crippen molar-refractivity contribution in [2.45, 2.75) is 334 Å². The van der Waals surface area contributed by atoms with Gasteiger partial charge in [0.2, 0.25) is 5.91 Å². The van der Waals surface area contributed by atoms with Crippen LogP contribution < -0.4 is 5.32 Å². The number of aliphatic hydroxyl groups excluding tert-OH is 2. The van der Waals surface area contributed by atoms with Gasteiger partial charge in [-0.25, -0.2) is 0 Å². The first-order valence-electron chi connectivity index (χ1n) is 29.7. The van der Waals surface area contributed by atoms with E-state index in [-0.39, 0.29) is 24.9 Å². The maximum atomic E-state index is 13.3. The third-order valence-corrected chi connectivity index (χ3v) is 13.7. The number of ether oxygens (including phenoxy) is 1. The molecule has 1 amide bonds. The molecule has 0 aromatic heterocycles. The number of allylic oxidation sites excluding steroid dienone is 6. The summed E-state index contributed by atoms with van der Waals surface area (Å²) in [6.45, 7) is 6.49. The van der Waals surface area contributed by atoms with Crippen LogP contribution in [0.5, 0.6) is 0 Å². The van der Waals surface area contributed by atoms with Crippen molar-refractivity contribution in [3.63, 3.8) is 0 Å². The molecule has 0 aliphatic heterocycles. The molecule has 6 heteroatoms. The van der Waals surface area contributed by atoms with E-state index < -0.39 is 18.2 Å². The molecule has 394 valence electrons. The van der Waals surface area contributed by atoms with Gasteiger partial charge in [-0.3, -0.25) is 9.59 Å². The van der Waals surface area contributed by atoms with Crippen LogP contribution >= 0.6 is 0 Å². The number of hydrogen-bond donors (Lipinski definition) is 3. The van der Waals surface area contributed by atoms with Crippen LogP contribution in [-0.4, -0.2) is 46.9 Å². The number of esters is 1. The first-order chi connectivity index (χ1) is 33.0. The van der Waals surface area contributed by atoms with E-state index in [1.165, 1.54) is 199 Å². The van der Waals surface area contributed by atoms with Crippen LogP contribution in [0.15, 0.2) is 36.5 Å². The number of amides is 1. The Balaban J connectivity index is 4.57. The Hall–Kier alpha value is -1.92. The molecule has 0 saturated carbocycles. The van der Waals surface area contributed by atoms with Crippen molar-refractivity contribution in [3.05, 3.63) is 36.5 Å². The fourth-order valence-corrected chi connectivity index (χ4v) is 9.20. The van der Waals surface area contributed by atoms with Crippen molar-refractivity contribution in [3.8, 4) is 0 Å². The Morgan fingerprint density at radius 1 is 0.433 bits per heavy atom. The van der Waals surface area contributed by atoms with Crippen molar-refractivity contribution in [1.82, 2.24) is 5.32 Å². The lowest BCUT2D eigenvalue weighted by molar-refractivity contribution is -0.151. The first kappa shape index (κ1) is 65.1. The van der Waals surface area contributed by atoms with E-state index >= 15 is 0 Å². The lowest BCUT2D eigenvalue weighted by atomic mass is 10.0. The molecule has 0 rings (SSSR count). The molecule has 3 unspecified atom stereocenters. The Morgan fingerprint density at radius 2 is 0.761 bits per heavy atom. The highest BCUT2D eigenvalue weighted by molar-refractivity contribution is 5.77. The molecule has 0 spiro atoms. The second-order valence-corrected chi connectivity index (χ2v) is 20.4. The van der Waals surface area contributed by atoms with Crippen molar-refractivity contribution in [2.24, 2.45) is 0 Å². The molecule has 0 aliphatic rings. The largest absolute Gasteiger partial charge is 0.462 e. The standard InChI is InChI=1S/C61H115NO5/c1-4-7-10-13-16-19-22-25-28-30-32-34-37-40-43-46-49-52-57(67-61(66)54-51-48-45-42-39-36-33-31-29-26-23-20-17-14-11-8-5-2)55-60(65)62-58(56-63)59(64)53-50-47-44-41-38-35-27-24-21-18-15-12-9-6-3/h17,20,26,29,33,36,57-59,63-64H,4-16,18-19,21-25,27-28,30-32,34-35,37-56H2,1-3H3,(H,62,65)/b20-17-,29-26-,36-33-. The summed E-state index contributed by atoms with van der Waals surface area (Å²) in [5.41, 5.74) is 0. The average Bonchev–Trinajstić information content (AvgIpc) is 3.32. The molecular weight excluding hydrogens is 827 g/mol. The zero-order valence-electron chi connectivity index (χ0n) is 45.0. The normalized spacial score (nSPS) is 13.3. The van der Waals surface area contributed by atoms with Crippen molar-refractivity contribution in [1.29, 1.82) is 0 Å². The number of carbonyl (C=O) groups is 2. The van der Waals surface area contributed by atoms with E-state index in [0.717, 1.165) is 70.6 Å². The van der Waals surface area contributed by atoms with E-state index in [2.05, 4.69) is 62.5 Å². The smallest absolute Gasteiger partial charge is 0.306 e. The Kier molecular flexibility index (Phi) is 53.4. The lowest BCUT2D eigenvalue weighted by Gasteiger charge is -2.24. The second kappa shape index (κ2) is 55.0. The van der Waals surface area contributed by atoms with Gasteiger partial charge in [0.25, 0.3) is 0 Å². The maximum Gasteiger partial charge on any atom is 0.306 e. The molecule has 0 aliphatic carbocycles. The van der Waals surface area contributed by atoms with E-state index in [4.69, 9.17) is 4.74 Å². The average molecular weight is 943 g/mol. The van der Waals surface area contributed by atoms with Crippen LogP contribution in [0.25, 0.3) is 0 Å². The predicted octanol–water partition coefficient (Wildman–Crippen LogP) is 18.4. The topological polar surface area (TPSA) is 95.9 Å². The van der Waals surface area contributed by atoms with Crippen LogP contribution in [0.2, 0.25) is 0 Å². The van der Waals surface area contributed by atoms with E-state index in [1.54, 1.807) is 0 Å². The Labute approximate surface area is 417 Å². The van der Waals surface area contributed by atoms with Gasteiger partial charge in [0.15, 0.2) is 0 Å². The zero-order chi connectivity index (χ0) is 48.8. The zero-order valence-corrected chi connectivity index (χ0v) is 45.0. The molecule has 0 fully saturated rings. The molecule has 0 aromatic rings. The van der Waals surface area contributed by atoms with Gasteiger partial charge in [-0.15, -0.1) is 0 Å². The Morgan fingerprint density at radius 3 is 1.18 bits per heavy atom. The van der Waals surface area contributed by atoms with Crippen LogP contribution in [0.4, 0.5) is 0 Å². The number of hydrogen-bond acceptors (Lipinski definition) is 5. The monoisotopic (exact) mass is 942 g/mol. The number of nitrogens with one attached hydrogen (secondary N) is 1. The van der Waals surface area contributed by atoms with Gasteiger partial charge in [0.1, 0.15) is 6.10 Å². The highest BCUT2D eigenvalue weighted by Crippen LogP contribution is 2.19. The molecule has 0 bridgehead atoms. The van der Waals surface area contributed by atoms with Crippen molar-refractivity contribution >= 4 is 11.9 Å². The summed E-state index contributed by atoms with van der Waals surface area (Å²) < 4.78 is 5.96. The minimum absolute atomic E-state index is 0.0734. The van der Waals surface area contributed by atoms with Crippen LogP contribution in [0.1, 0.15) is 316 Å². The summed E-state index contributed by atoms with van der Waals surface area (Å²) in [5, 5.41) is 23.9. The molecule has 6 nitrogen and oxygen atoms in total. The van der Waals surface area contributed by atoms with Crippen LogP contribution in [0, 0.1) is 0 Å². The Bertz CT molecular complexity index is 1100. The first-order valence-corrected chi connectivity index (χ1v) is 29.7. The highest BCUT2D eigenvalue weighted by Gasteiger charge is 2.24.